The first-order valence-corrected chi connectivity index (χ1v) is 10.8. The Labute approximate surface area is 136 Å². The van der Waals surface area contributed by atoms with Gasteiger partial charge in [-0.2, -0.15) is 0 Å². The molecule has 0 saturated carbocycles. The van der Waals surface area contributed by atoms with E-state index in [9.17, 15) is 5.11 Å². The van der Waals surface area contributed by atoms with Crippen LogP contribution in [0.25, 0.3) is 0 Å². The van der Waals surface area contributed by atoms with Crippen molar-refractivity contribution in [3.05, 3.63) is 64.6 Å². The number of halogens is 1. The number of rotatable bonds is 3. The monoisotopic (exact) mass is 358 g/mol. The number of hydrogen-bond acceptors (Lipinski definition) is 1. The third-order valence-corrected chi connectivity index (χ3v) is 6.55. The molecule has 1 nitrogen and oxygen atoms in total. The maximum atomic E-state index is 10.2. The fourth-order valence-corrected chi connectivity index (χ4v) is 4.08. The van der Waals surface area contributed by atoms with Crippen LogP contribution in [-0.2, 0) is 0 Å². The van der Waals surface area contributed by atoms with Crippen LogP contribution < -0.4 is 5.19 Å². The maximum Gasteiger partial charge on any atom is 0.162 e. The second kappa shape index (κ2) is 7.08. The Balaban J connectivity index is 2.04. The van der Waals surface area contributed by atoms with E-state index >= 15 is 0 Å². The zero-order valence-corrected chi connectivity index (χ0v) is 14.9. The summed E-state index contributed by atoms with van der Waals surface area (Å²) in [5, 5.41) is 11.5. The van der Waals surface area contributed by atoms with Crippen molar-refractivity contribution < 1.29 is 5.11 Å². The number of aliphatic hydroxyl groups is 1. The molecule has 21 heavy (non-hydrogen) atoms. The summed E-state index contributed by atoms with van der Waals surface area (Å²) in [5.41, 5.74) is 4.32. The first-order chi connectivity index (χ1) is 9.99. The van der Waals surface area contributed by atoms with Gasteiger partial charge in [0.15, 0.2) is 8.07 Å². The van der Waals surface area contributed by atoms with Gasteiger partial charge in [-0.1, -0.05) is 71.5 Å². The third-order valence-electron chi connectivity index (χ3n) is 3.45. The molecule has 3 heteroatoms. The summed E-state index contributed by atoms with van der Waals surface area (Å²) in [6, 6.07) is 18.2. The predicted molar refractivity (Wildman–Crippen MR) is 95.1 cm³/mol. The molecule has 0 radical (unpaired) electrons. The lowest BCUT2D eigenvalue weighted by atomic mass is 10.1. The van der Waals surface area contributed by atoms with Crippen LogP contribution in [0.1, 0.15) is 18.1 Å². The Morgan fingerprint density at radius 3 is 2.29 bits per heavy atom. The van der Waals surface area contributed by atoms with E-state index in [-0.39, 0.29) is 0 Å². The molecular weight excluding hydrogens is 340 g/mol. The third kappa shape index (κ3) is 4.57. The fraction of sp³-hybridized carbons (Fsp3) is 0.222. The molecule has 0 aliphatic rings. The molecule has 0 bridgehead atoms. The Bertz CT molecular complexity index is 638. The van der Waals surface area contributed by atoms with Gasteiger partial charge in [0.2, 0.25) is 0 Å². The van der Waals surface area contributed by atoms with Crippen LogP contribution in [0, 0.1) is 11.5 Å². The SMILES string of the molecule is C[Si](C)(C#CC[C@@H](O)c1ccc(Br)cc1)c1ccccc1. The molecule has 0 aliphatic heterocycles. The molecule has 2 rings (SSSR count). The fourth-order valence-electron chi connectivity index (χ4n) is 2.10. The van der Waals surface area contributed by atoms with Crippen LogP contribution in [-0.4, -0.2) is 13.2 Å². The van der Waals surface area contributed by atoms with E-state index < -0.39 is 14.2 Å². The van der Waals surface area contributed by atoms with Crippen molar-refractivity contribution in [1.82, 2.24) is 0 Å². The molecule has 1 atom stereocenters. The normalized spacial score (nSPS) is 12.4. The average molecular weight is 359 g/mol. The second-order valence-corrected chi connectivity index (χ2v) is 10.6. The van der Waals surface area contributed by atoms with Crippen LogP contribution >= 0.6 is 15.9 Å². The molecular formula is C18H19BrOSi. The number of benzene rings is 2. The van der Waals surface area contributed by atoms with Crippen molar-refractivity contribution in [2.75, 3.05) is 0 Å². The Kier molecular flexibility index (Phi) is 5.41. The highest BCUT2D eigenvalue weighted by molar-refractivity contribution is 9.10. The van der Waals surface area contributed by atoms with E-state index in [2.05, 4.69) is 64.8 Å². The van der Waals surface area contributed by atoms with E-state index in [1.807, 2.05) is 30.3 Å². The lowest BCUT2D eigenvalue weighted by Crippen LogP contribution is -2.39. The Morgan fingerprint density at radius 2 is 1.67 bits per heavy atom. The summed E-state index contributed by atoms with van der Waals surface area (Å²) in [6.07, 6.45) is -0.0450. The standard InChI is InChI=1S/C18H19BrOSi/c1-21(2,17-7-4-3-5-8-17)14-6-9-18(20)15-10-12-16(19)13-11-15/h3-5,7-8,10-13,18,20H,9H2,1-2H3/t18-/m1/s1. The molecule has 0 heterocycles. The van der Waals surface area contributed by atoms with E-state index in [1.54, 1.807) is 0 Å². The van der Waals surface area contributed by atoms with Crippen LogP contribution in [0.15, 0.2) is 59.1 Å². The molecule has 0 aliphatic carbocycles. The molecule has 0 spiro atoms. The van der Waals surface area contributed by atoms with Gasteiger partial charge < -0.3 is 5.11 Å². The van der Waals surface area contributed by atoms with Crippen molar-refractivity contribution in [3.8, 4) is 11.5 Å². The highest BCUT2D eigenvalue weighted by atomic mass is 79.9. The van der Waals surface area contributed by atoms with Crippen LogP contribution in [0.2, 0.25) is 13.1 Å². The maximum absolute atomic E-state index is 10.2. The summed E-state index contributed by atoms with van der Waals surface area (Å²) in [4.78, 5) is 0. The molecule has 2 aromatic carbocycles. The van der Waals surface area contributed by atoms with Crippen molar-refractivity contribution >= 4 is 29.2 Å². The lowest BCUT2D eigenvalue weighted by molar-refractivity contribution is 0.184. The van der Waals surface area contributed by atoms with Crippen molar-refractivity contribution in [3.63, 3.8) is 0 Å². The van der Waals surface area contributed by atoms with Gasteiger partial charge >= 0.3 is 0 Å². The van der Waals surface area contributed by atoms with Crippen molar-refractivity contribution in [2.24, 2.45) is 0 Å². The summed E-state index contributed by atoms with van der Waals surface area (Å²) >= 11 is 3.40. The Morgan fingerprint density at radius 1 is 1.05 bits per heavy atom. The van der Waals surface area contributed by atoms with E-state index in [4.69, 9.17) is 0 Å². The quantitative estimate of drug-likeness (QED) is 0.648. The average Bonchev–Trinajstić information content (AvgIpc) is 2.48. The lowest BCUT2D eigenvalue weighted by Gasteiger charge is -2.15. The minimum Gasteiger partial charge on any atom is -0.387 e. The summed E-state index contributed by atoms with van der Waals surface area (Å²) in [6.45, 7) is 4.47. The smallest absolute Gasteiger partial charge is 0.162 e. The van der Waals surface area contributed by atoms with Gasteiger partial charge in [-0.3, -0.25) is 0 Å². The Hall–Kier alpha value is -1.34. The highest BCUT2D eigenvalue weighted by Crippen LogP contribution is 2.19. The van der Waals surface area contributed by atoms with Gasteiger partial charge in [-0.05, 0) is 22.9 Å². The second-order valence-electron chi connectivity index (χ2n) is 5.56. The van der Waals surface area contributed by atoms with Gasteiger partial charge in [0.25, 0.3) is 0 Å². The van der Waals surface area contributed by atoms with E-state index in [1.165, 1.54) is 5.19 Å². The minimum atomic E-state index is -1.74. The molecule has 0 unspecified atom stereocenters. The summed E-state index contributed by atoms with van der Waals surface area (Å²) in [5.74, 6) is 3.19. The molecule has 0 saturated heterocycles. The molecule has 0 fully saturated rings. The van der Waals surface area contributed by atoms with E-state index in [0.717, 1.165) is 10.0 Å². The first kappa shape index (κ1) is 16.0. The number of hydrogen-bond donors (Lipinski definition) is 1. The van der Waals surface area contributed by atoms with Crippen LogP contribution in [0.4, 0.5) is 0 Å². The predicted octanol–water partition coefficient (Wildman–Crippen LogP) is 4.03. The van der Waals surface area contributed by atoms with Gasteiger partial charge in [-0.15, -0.1) is 11.5 Å². The molecule has 2 aromatic rings. The van der Waals surface area contributed by atoms with Gasteiger partial charge in [0.1, 0.15) is 0 Å². The van der Waals surface area contributed by atoms with Gasteiger partial charge in [0, 0.05) is 10.9 Å². The van der Waals surface area contributed by atoms with E-state index in [0.29, 0.717) is 6.42 Å². The van der Waals surface area contributed by atoms with Crippen LogP contribution in [0.5, 0.6) is 0 Å². The van der Waals surface area contributed by atoms with Gasteiger partial charge in [0.05, 0.1) is 6.10 Å². The largest absolute Gasteiger partial charge is 0.387 e. The highest BCUT2D eigenvalue weighted by Gasteiger charge is 2.20. The zero-order valence-electron chi connectivity index (χ0n) is 12.3. The molecule has 0 amide bonds. The molecule has 0 aromatic heterocycles. The topological polar surface area (TPSA) is 20.2 Å². The summed E-state index contributed by atoms with van der Waals surface area (Å²) < 4.78 is 1.02. The zero-order chi connectivity index (χ0) is 15.3. The molecule has 1 N–H and O–H groups in total. The van der Waals surface area contributed by atoms with Crippen molar-refractivity contribution in [1.29, 1.82) is 0 Å². The summed E-state index contributed by atoms with van der Waals surface area (Å²) in [7, 11) is -1.74. The first-order valence-electron chi connectivity index (χ1n) is 6.98. The number of aliphatic hydroxyl groups excluding tert-OH is 1. The van der Waals surface area contributed by atoms with Crippen molar-refractivity contribution in [2.45, 2.75) is 25.6 Å². The van der Waals surface area contributed by atoms with Crippen LogP contribution in [0.3, 0.4) is 0 Å². The molecule has 108 valence electrons. The minimum absolute atomic E-state index is 0.477. The van der Waals surface area contributed by atoms with Gasteiger partial charge in [-0.25, -0.2) is 0 Å².